The molecular weight excluding hydrogens is 334 g/mol. The van der Waals surface area contributed by atoms with Crippen LogP contribution in [0.25, 0.3) is 17.0 Å². The Morgan fingerprint density at radius 2 is 2.15 bits per heavy atom. The molecule has 1 aliphatic rings. The van der Waals surface area contributed by atoms with Crippen molar-refractivity contribution >= 4 is 11.6 Å². The number of hydrogen-bond donors (Lipinski definition) is 1. The SMILES string of the molecule is Cc1cc(C)n2ncc(-c3noc(CN4CCCCC(N)C4=O)n3)c2n1. The minimum absolute atomic E-state index is 0.0638. The van der Waals surface area contributed by atoms with Gasteiger partial charge in [-0.2, -0.15) is 10.1 Å². The summed E-state index contributed by atoms with van der Waals surface area (Å²) in [6, 6.07) is 1.51. The summed E-state index contributed by atoms with van der Waals surface area (Å²) in [5, 5.41) is 8.40. The van der Waals surface area contributed by atoms with Crippen molar-refractivity contribution in [1.82, 2.24) is 29.6 Å². The zero-order chi connectivity index (χ0) is 18.3. The van der Waals surface area contributed by atoms with Gasteiger partial charge in [-0.05, 0) is 39.2 Å². The first-order chi connectivity index (χ1) is 12.5. The average Bonchev–Trinajstić information content (AvgIpc) is 3.19. The van der Waals surface area contributed by atoms with Gasteiger partial charge in [0.2, 0.25) is 17.6 Å². The van der Waals surface area contributed by atoms with Crippen molar-refractivity contribution in [3.63, 3.8) is 0 Å². The number of rotatable bonds is 3. The summed E-state index contributed by atoms with van der Waals surface area (Å²) in [5.41, 5.74) is 9.17. The number of likely N-dealkylation sites (tertiary alicyclic amines) is 1. The maximum Gasteiger partial charge on any atom is 0.246 e. The van der Waals surface area contributed by atoms with Gasteiger partial charge in [0.1, 0.15) is 6.54 Å². The van der Waals surface area contributed by atoms with E-state index in [0.29, 0.717) is 29.5 Å². The lowest BCUT2D eigenvalue weighted by atomic mass is 10.1. The third-order valence-electron chi connectivity index (χ3n) is 4.64. The van der Waals surface area contributed by atoms with E-state index in [-0.39, 0.29) is 12.5 Å². The first-order valence-corrected chi connectivity index (χ1v) is 8.72. The summed E-state index contributed by atoms with van der Waals surface area (Å²) < 4.78 is 7.11. The van der Waals surface area contributed by atoms with E-state index in [1.807, 2.05) is 19.9 Å². The minimum Gasteiger partial charge on any atom is -0.337 e. The molecule has 0 radical (unpaired) electrons. The standard InChI is InChI=1S/C17H21N7O2/c1-10-7-11(2)24-16(20-10)12(8-19-24)15-21-14(26-22-15)9-23-6-4-3-5-13(18)17(23)25/h7-8,13H,3-6,9,18H2,1-2H3. The summed E-state index contributed by atoms with van der Waals surface area (Å²) in [7, 11) is 0. The molecule has 1 saturated heterocycles. The number of nitrogens with zero attached hydrogens (tertiary/aromatic N) is 6. The number of carbonyl (C=O) groups is 1. The van der Waals surface area contributed by atoms with E-state index in [2.05, 4.69) is 20.2 Å². The van der Waals surface area contributed by atoms with Gasteiger partial charge in [-0.15, -0.1) is 0 Å². The lowest BCUT2D eigenvalue weighted by Crippen LogP contribution is -2.41. The van der Waals surface area contributed by atoms with Crippen LogP contribution in [0.2, 0.25) is 0 Å². The lowest BCUT2D eigenvalue weighted by molar-refractivity contribution is -0.133. The molecule has 3 aromatic heterocycles. The number of hydrogen-bond acceptors (Lipinski definition) is 7. The van der Waals surface area contributed by atoms with E-state index in [0.717, 1.165) is 30.7 Å². The number of carbonyl (C=O) groups excluding carboxylic acids is 1. The Morgan fingerprint density at radius 3 is 3.00 bits per heavy atom. The van der Waals surface area contributed by atoms with E-state index in [1.54, 1.807) is 15.6 Å². The van der Waals surface area contributed by atoms with E-state index in [4.69, 9.17) is 10.3 Å². The highest BCUT2D eigenvalue weighted by molar-refractivity contribution is 5.81. The Balaban J connectivity index is 1.61. The van der Waals surface area contributed by atoms with Gasteiger partial charge >= 0.3 is 0 Å². The van der Waals surface area contributed by atoms with Crippen LogP contribution >= 0.6 is 0 Å². The van der Waals surface area contributed by atoms with Crippen molar-refractivity contribution < 1.29 is 9.32 Å². The Bertz CT molecular complexity index is 961. The zero-order valence-electron chi connectivity index (χ0n) is 14.8. The van der Waals surface area contributed by atoms with Crippen LogP contribution in [-0.2, 0) is 11.3 Å². The highest BCUT2D eigenvalue weighted by Crippen LogP contribution is 2.22. The number of aromatic nitrogens is 5. The highest BCUT2D eigenvalue weighted by Gasteiger charge is 2.26. The Morgan fingerprint density at radius 1 is 1.31 bits per heavy atom. The van der Waals surface area contributed by atoms with E-state index < -0.39 is 6.04 Å². The van der Waals surface area contributed by atoms with E-state index in [1.165, 1.54) is 0 Å². The first-order valence-electron chi connectivity index (χ1n) is 8.72. The number of nitrogens with two attached hydrogens (primary N) is 1. The lowest BCUT2D eigenvalue weighted by Gasteiger charge is -2.20. The molecule has 136 valence electrons. The van der Waals surface area contributed by atoms with Gasteiger partial charge in [0, 0.05) is 17.9 Å². The van der Waals surface area contributed by atoms with Crippen LogP contribution in [0.3, 0.4) is 0 Å². The first kappa shape index (κ1) is 16.6. The molecule has 1 unspecified atom stereocenters. The average molecular weight is 355 g/mol. The summed E-state index contributed by atoms with van der Waals surface area (Å²) >= 11 is 0. The highest BCUT2D eigenvalue weighted by atomic mass is 16.5. The fraction of sp³-hybridized carbons (Fsp3) is 0.471. The maximum absolute atomic E-state index is 12.3. The van der Waals surface area contributed by atoms with Crippen molar-refractivity contribution in [1.29, 1.82) is 0 Å². The molecular formula is C17H21N7O2. The molecule has 9 nitrogen and oxygen atoms in total. The molecule has 0 spiro atoms. The molecule has 1 fully saturated rings. The Labute approximate surface area is 150 Å². The fourth-order valence-electron chi connectivity index (χ4n) is 3.31. The second kappa shape index (κ2) is 6.49. The molecule has 0 bridgehead atoms. The van der Waals surface area contributed by atoms with Gasteiger partial charge in [0.05, 0.1) is 17.8 Å². The normalized spacial score (nSPS) is 18.5. The second-order valence-corrected chi connectivity index (χ2v) is 6.71. The van der Waals surface area contributed by atoms with Crippen molar-refractivity contribution in [2.24, 2.45) is 5.73 Å². The maximum atomic E-state index is 12.3. The molecule has 2 N–H and O–H groups in total. The predicted octanol–water partition coefficient (Wildman–Crippen LogP) is 1.24. The monoisotopic (exact) mass is 355 g/mol. The van der Waals surface area contributed by atoms with Crippen LogP contribution in [0.1, 0.15) is 36.5 Å². The van der Waals surface area contributed by atoms with Crippen molar-refractivity contribution in [2.45, 2.75) is 45.7 Å². The van der Waals surface area contributed by atoms with E-state index >= 15 is 0 Å². The topological polar surface area (TPSA) is 115 Å². The van der Waals surface area contributed by atoms with Gasteiger partial charge in [0.25, 0.3) is 0 Å². The molecule has 1 amide bonds. The third-order valence-corrected chi connectivity index (χ3v) is 4.64. The fourth-order valence-corrected chi connectivity index (χ4v) is 3.31. The van der Waals surface area contributed by atoms with Gasteiger partial charge in [0.15, 0.2) is 5.65 Å². The molecule has 26 heavy (non-hydrogen) atoms. The van der Waals surface area contributed by atoms with Crippen LogP contribution in [0.5, 0.6) is 0 Å². The molecule has 4 rings (SSSR count). The van der Waals surface area contributed by atoms with Gasteiger partial charge in [-0.3, -0.25) is 4.79 Å². The predicted molar refractivity (Wildman–Crippen MR) is 93.0 cm³/mol. The summed E-state index contributed by atoms with van der Waals surface area (Å²) in [6.07, 6.45) is 4.27. The van der Waals surface area contributed by atoms with Crippen molar-refractivity contribution in [3.05, 3.63) is 29.5 Å². The number of fused-ring (bicyclic) bond motifs is 1. The summed E-state index contributed by atoms with van der Waals surface area (Å²) in [6.45, 7) is 4.82. The molecule has 1 aliphatic heterocycles. The van der Waals surface area contributed by atoms with Crippen LogP contribution in [-0.4, -0.2) is 48.1 Å². The van der Waals surface area contributed by atoms with Crippen LogP contribution in [0.15, 0.2) is 16.8 Å². The quantitative estimate of drug-likeness (QED) is 0.751. The second-order valence-electron chi connectivity index (χ2n) is 6.71. The summed E-state index contributed by atoms with van der Waals surface area (Å²) in [5.74, 6) is 0.733. The molecule has 0 aliphatic carbocycles. The number of aryl methyl sites for hydroxylation is 2. The molecule has 0 saturated carbocycles. The molecule has 9 heteroatoms. The van der Waals surface area contributed by atoms with Gasteiger partial charge in [-0.1, -0.05) is 5.16 Å². The smallest absolute Gasteiger partial charge is 0.246 e. The molecule has 1 atom stereocenters. The van der Waals surface area contributed by atoms with Crippen LogP contribution in [0.4, 0.5) is 0 Å². The van der Waals surface area contributed by atoms with Crippen LogP contribution in [0, 0.1) is 13.8 Å². The largest absolute Gasteiger partial charge is 0.337 e. The number of amides is 1. The third kappa shape index (κ3) is 2.94. The Hall–Kier alpha value is -2.81. The molecule has 3 aromatic rings. The minimum atomic E-state index is -0.449. The van der Waals surface area contributed by atoms with Gasteiger partial charge < -0.3 is 15.2 Å². The van der Waals surface area contributed by atoms with Crippen molar-refractivity contribution in [3.8, 4) is 11.4 Å². The zero-order valence-corrected chi connectivity index (χ0v) is 14.8. The van der Waals surface area contributed by atoms with Crippen LogP contribution < -0.4 is 5.73 Å². The van der Waals surface area contributed by atoms with Crippen molar-refractivity contribution in [2.75, 3.05) is 6.54 Å². The van der Waals surface area contributed by atoms with Gasteiger partial charge in [-0.25, -0.2) is 9.50 Å². The molecule has 0 aromatic carbocycles. The molecule has 4 heterocycles. The van der Waals surface area contributed by atoms with E-state index in [9.17, 15) is 4.79 Å². The Kier molecular flexibility index (Phi) is 4.15. The summed E-state index contributed by atoms with van der Waals surface area (Å²) in [4.78, 5) is 23.0.